The maximum atomic E-state index is 13.8. The summed E-state index contributed by atoms with van der Waals surface area (Å²) in [6.45, 7) is 2.11. The van der Waals surface area contributed by atoms with Crippen LogP contribution in [-0.4, -0.2) is 15.7 Å². The van der Waals surface area contributed by atoms with Crippen molar-refractivity contribution in [2.45, 2.75) is 13.5 Å². The third-order valence-corrected chi connectivity index (χ3v) is 3.90. The molecular formula is C18H15ClFN3O. The summed E-state index contributed by atoms with van der Waals surface area (Å²) in [4.78, 5) is 12.2. The van der Waals surface area contributed by atoms with E-state index < -0.39 is 0 Å². The highest BCUT2D eigenvalue weighted by molar-refractivity contribution is 6.31. The van der Waals surface area contributed by atoms with Crippen molar-refractivity contribution in [1.82, 2.24) is 9.78 Å². The quantitative estimate of drug-likeness (QED) is 0.768. The fourth-order valence-electron chi connectivity index (χ4n) is 2.34. The van der Waals surface area contributed by atoms with E-state index >= 15 is 0 Å². The van der Waals surface area contributed by atoms with Crippen molar-refractivity contribution in [1.29, 1.82) is 0 Å². The van der Waals surface area contributed by atoms with Crippen molar-refractivity contribution in [3.05, 3.63) is 82.3 Å². The number of nitrogens with one attached hydrogen (secondary N) is 1. The first-order valence-electron chi connectivity index (χ1n) is 7.37. The van der Waals surface area contributed by atoms with Gasteiger partial charge in [-0.1, -0.05) is 35.4 Å². The van der Waals surface area contributed by atoms with E-state index in [0.717, 1.165) is 5.56 Å². The molecule has 0 aliphatic carbocycles. The Morgan fingerprint density at radius 1 is 1.25 bits per heavy atom. The predicted molar refractivity (Wildman–Crippen MR) is 91.9 cm³/mol. The molecule has 0 unspecified atom stereocenters. The number of amides is 1. The van der Waals surface area contributed by atoms with Gasteiger partial charge in [0.15, 0.2) is 5.82 Å². The molecular weight excluding hydrogens is 329 g/mol. The van der Waals surface area contributed by atoms with Crippen molar-refractivity contribution in [2.24, 2.45) is 0 Å². The van der Waals surface area contributed by atoms with Crippen molar-refractivity contribution in [3.8, 4) is 0 Å². The summed E-state index contributed by atoms with van der Waals surface area (Å²) in [5.41, 5.74) is 1.92. The summed E-state index contributed by atoms with van der Waals surface area (Å²) in [7, 11) is 0. The van der Waals surface area contributed by atoms with E-state index in [4.69, 9.17) is 11.6 Å². The number of hydrogen-bond acceptors (Lipinski definition) is 2. The van der Waals surface area contributed by atoms with Crippen LogP contribution in [0.3, 0.4) is 0 Å². The fraction of sp³-hybridized carbons (Fsp3) is 0.111. The van der Waals surface area contributed by atoms with Gasteiger partial charge in [0.25, 0.3) is 5.91 Å². The molecule has 1 aromatic heterocycles. The van der Waals surface area contributed by atoms with Gasteiger partial charge >= 0.3 is 0 Å². The minimum absolute atomic E-state index is 0.186. The third-order valence-electron chi connectivity index (χ3n) is 3.54. The molecule has 6 heteroatoms. The summed E-state index contributed by atoms with van der Waals surface area (Å²) in [6, 6.07) is 13.5. The first kappa shape index (κ1) is 16.2. The number of carbonyl (C=O) groups is 1. The molecule has 2 aromatic carbocycles. The monoisotopic (exact) mass is 343 g/mol. The van der Waals surface area contributed by atoms with Gasteiger partial charge in [-0.15, -0.1) is 0 Å². The van der Waals surface area contributed by atoms with Crippen LogP contribution in [0.25, 0.3) is 0 Å². The Morgan fingerprint density at radius 3 is 2.79 bits per heavy atom. The average molecular weight is 344 g/mol. The molecule has 122 valence electrons. The molecule has 0 radical (unpaired) electrons. The number of nitrogens with zero attached hydrogens (tertiary/aromatic N) is 2. The van der Waals surface area contributed by atoms with Gasteiger partial charge in [-0.3, -0.25) is 9.48 Å². The lowest BCUT2D eigenvalue weighted by Gasteiger charge is -2.06. The number of aryl methyl sites for hydroxylation is 1. The predicted octanol–water partition coefficient (Wildman–Crippen LogP) is 4.28. The number of halogens is 2. The highest BCUT2D eigenvalue weighted by atomic mass is 35.5. The van der Waals surface area contributed by atoms with Crippen molar-refractivity contribution >= 4 is 23.3 Å². The minimum Gasteiger partial charge on any atom is -0.305 e. The summed E-state index contributed by atoms with van der Waals surface area (Å²) in [6.07, 6.45) is 1.66. The Balaban J connectivity index is 1.73. The highest BCUT2D eigenvalue weighted by Crippen LogP contribution is 2.20. The van der Waals surface area contributed by atoms with Gasteiger partial charge in [-0.2, -0.15) is 5.10 Å². The summed E-state index contributed by atoms with van der Waals surface area (Å²) >= 11 is 6.01. The Bertz CT molecular complexity index is 871. The lowest BCUT2D eigenvalue weighted by atomic mass is 10.1. The Morgan fingerprint density at radius 2 is 2.04 bits per heavy atom. The summed E-state index contributed by atoms with van der Waals surface area (Å²) in [5, 5.41) is 7.30. The molecule has 1 amide bonds. The van der Waals surface area contributed by atoms with Crippen LogP contribution in [0, 0.1) is 12.7 Å². The molecule has 1 heterocycles. The molecule has 0 saturated carbocycles. The van der Waals surface area contributed by atoms with E-state index in [9.17, 15) is 9.18 Å². The second kappa shape index (κ2) is 6.84. The molecule has 3 aromatic rings. The molecule has 0 aliphatic heterocycles. The van der Waals surface area contributed by atoms with Gasteiger partial charge in [-0.25, -0.2) is 4.39 Å². The van der Waals surface area contributed by atoms with Crippen LogP contribution in [0.1, 0.15) is 21.5 Å². The van der Waals surface area contributed by atoms with E-state index in [1.54, 1.807) is 36.5 Å². The second-order valence-corrected chi connectivity index (χ2v) is 5.83. The van der Waals surface area contributed by atoms with Crippen LogP contribution in [0.5, 0.6) is 0 Å². The maximum Gasteiger partial charge on any atom is 0.256 e. The molecule has 3 rings (SSSR count). The molecule has 0 spiro atoms. The number of anilines is 1. The van der Waals surface area contributed by atoms with Gasteiger partial charge < -0.3 is 5.32 Å². The van der Waals surface area contributed by atoms with E-state index in [1.807, 2.05) is 19.1 Å². The third kappa shape index (κ3) is 3.63. The maximum absolute atomic E-state index is 13.8. The van der Waals surface area contributed by atoms with Gasteiger partial charge in [0.1, 0.15) is 5.82 Å². The molecule has 24 heavy (non-hydrogen) atoms. The number of hydrogen-bond donors (Lipinski definition) is 1. The van der Waals surface area contributed by atoms with Crippen molar-refractivity contribution in [3.63, 3.8) is 0 Å². The van der Waals surface area contributed by atoms with Gasteiger partial charge in [0, 0.05) is 28.4 Å². The van der Waals surface area contributed by atoms with Crippen LogP contribution in [-0.2, 0) is 6.54 Å². The Labute approximate surface area is 143 Å². The van der Waals surface area contributed by atoms with Gasteiger partial charge in [0.05, 0.1) is 6.54 Å². The zero-order valence-electron chi connectivity index (χ0n) is 13.0. The van der Waals surface area contributed by atoms with Crippen LogP contribution in [0.2, 0.25) is 5.02 Å². The van der Waals surface area contributed by atoms with Crippen molar-refractivity contribution in [2.75, 3.05) is 5.32 Å². The number of carbonyl (C=O) groups excluding carboxylic acids is 1. The summed E-state index contributed by atoms with van der Waals surface area (Å²) < 4.78 is 15.3. The molecule has 0 saturated heterocycles. The lowest BCUT2D eigenvalue weighted by molar-refractivity contribution is 0.102. The first-order valence-corrected chi connectivity index (χ1v) is 7.75. The van der Waals surface area contributed by atoms with Gasteiger partial charge in [-0.05, 0) is 31.2 Å². The van der Waals surface area contributed by atoms with Crippen LogP contribution < -0.4 is 5.32 Å². The number of benzene rings is 2. The van der Waals surface area contributed by atoms with Crippen LogP contribution in [0.15, 0.2) is 54.7 Å². The largest absolute Gasteiger partial charge is 0.305 e. The zero-order valence-corrected chi connectivity index (χ0v) is 13.7. The van der Waals surface area contributed by atoms with Crippen LogP contribution >= 0.6 is 11.6 Å². The molecule has 0 aliphatic rings. The topological polar surface area (TPSA) is 46.9 Å². The van der Waals surface area contributed by atoms with E-state index in [-0.39, 0.29) is 18.3 Å². The average Bonchev–Trinajstić information content (AvgIpc) is 2.98. The molecule has 0 atom stereocenters. The smallest absolute Gasteiger partial charge is 0.256 e. The standard InChI is InChI=1S/C18H15ClFN3O/c1-12-4-2-5-13(10-12)18(24)21-17-8-9-23(22-17)11-14-15(19)6-3-7-16(14)20/h2-10H,11H2,1H3,(H,21,22,24). The first-order chi connectivity index (χ1) is 11.5. The van der Waals surface area contributed by atoms with E-state index in [1.165, 1.54) is 10.7 Å². The Hall–Kier alpha value is -2.66. The highest BCUT2D eigenvalue weighted by Gasteiger charge is 2.11. The molecule has 0 fully saturated rings. The lowest BCUT2D eigenvalue weighted by Crippen LogP contribution is -2.13. The molecule has 1 N–H and O–H groups in total. The SMILES string of the molecule is Cc1cccc(C(=O)Nc2ccn(Cc3c(F)cccc3Cl)n2)c1. The number of aromatic nitrogens is 2. The van der Waals surface area contributed by atoms with Crippen LogP contribution in [0.4, 0.5) is 10.2 Å². The zero-order chi connectivity index (χ0) is 17.1. The molecule has 4 nitrogen and oxygen atoms in total. The minimum atomic E-state index is -0.386. The fourth-order valence-corrected chi connectivity index (χ4v) is 2.56. The van der Waals surface area contributed by atoms with Gasteiger partial charge in [0.2, 0.25) is 0 Å². The Kier molecular flexibility index (Phi) is 4.62. The van der Waals surface area contributed by atoms with E-state index in [0.29, 0.717) is 22.0 Å². The van der Waals surface area contributed by atoms with E-state index in [2.05, 4.69) is 10.4 Å². The second-order valence-electron chi connectivity index (χ2n) is 5.42. The summed E-state index contributed by atoms with van der Waals surface area (Å²) in [5.74, 6) is -0.231. The molecule has 0 bridgehead atoms. The normalized spacial score (nSPS) is 10.6. The number of rotatable bonds is 4. The van der Waals surface area contributed by atoms with Crippen molar-refractivity contribution < 1.29 is 9.18 Å².